The summed E-state index contributed by atoms with van der Waals surface area (Å²) in [5, 5.41) is 9.32. The van der Waals surface area contributed by atoms with E-state index in [1.165, 1.54) is 19.4 Å². The van der Waals surface area contributed by atoms with Gasteiger partial charge >= 0.3 is 0 Å². The first-order valence-corrected chi connectivity index (χ1v) is 6.14. The van der Waals surface area contributed by atoms with Gasteiger partial charge in [0.15, 0.2) is 0 Å². The largest absolute Gasteiger partial charge is 0.306 e. The summed E-state index contributed by atoms with van der Waals surface area (Å²) < 4.78 is 0. The summed E-state index contributed by atoms with van der Waals surface area (Å²) in [7, 11) is 6.37. The van der Waals surface area contributed by atoms with Gasteiger partial charge in [0.05, 0.1) is 11.5 Å². The van der Waals surface area contributed by atoms with E-state index in [2.05, 4.69) is 50.9 Å². The van der Waals surface area contributed by atoms with E-state index in [4.69, 9.17) is 0 Å². The van der Waals surface area contributed by atoms with Crippen molar-refractivity contribution in [2.45, 2.75) is 32.7 Å². The molecule has 0 aromatic carbocycles. The maximum absolute atomic E-state index is 9.32. The van der Waals surface area contributed by atoms with E-state index in [1.807, 2.05) is 0 Å². The molecule has 0 spiro atoms. The van der Waals surface area contributed by atoms with Crippen LogP contribution in [0.15, 0.2) is 0 Å². The van der Waals surface area contributed by atoms with Gasteiger partial charge in [0.1, 0.15) is 0 Å². The van der Waals surface area contributed by atoms with E-state index in [9.17, 15) is 5.26 Å². The van der Waals surface area contributed by atoms with E-state index >= 15 is 0 Å². The van der Waals surface area contributed by atoms with Crippen LogP contribution < -0.4 is 0 Å². The van der Waals surface area contributed by atoms with E-state index in [0.29, 0.717) is 12.0 Å². The lowest BCUT2D eigenvalue weighted by Crippen LogP contribution is -2.50. The lowest BCUT2D eigenvalue weighted by Gasteiger charge is -2.43. The fraction of sp³-hybridized carbons (Fsp3) is 0.923. The molecule has 1 aliphatic heterocycles. The molecule has 0 bridgehead atoms. The van der Waals surface area contributed by atoms with Gasteiger partial charge in [-0.3, -0.25) is 0 Å². The molecule has 1 saturated heterocycles. The van der Waals surface area contributed by atoms with Crippen molar-refractivity contribution in [2.75, 3.05) is 34.2 Å². The Morgan fingerprint density at radius 3 is 2.50 bits per heavy atom. The van der Waals surface area contributed by atoms with Gasteiger partial charge in [0, 0.05) is 12.6 Å². The Hall–Kier alpha value is -0.590. The maximum atomic E-state index is 9.32. The Morgan fingerprint density at radius 2 is 2.06 bits per heavy atom. The third kappa shape index (κ3) is 2.96. The summed E-state index contributed by atoms with van der Waals surface area (Å²) in [6, 6.07) is 2.82. The monoisotopic (exact) mass is 223 g/mol. The average molecular weight is 223 g/mol. The molecule has 16 heavy (non-hydrogen) atoms. The molecule has 1 aliphatic rings. The molecule has 3 nitrogen and oxygen atoms in total. The van der Waals surface area contributed by atoms with E-state index < -0.39 is 0 Å². The molecule has 0 radical (unpaired) electrons. The van der Waals surface area contributed by atoms with E-state index in [-0.39, 0.29) is 5.41 Å². The third-order valence-electron chi connectivity index (χ3n) is 3.69. The molecule has 0 saturated carbocycles. The fourth-order valence-electron chi connectivity index (χ4n) is 3.19. The van der Waals surface area contributed by atoms with Gasteiger partial charge < -0.3 is 9.80 Å². The quantitative estimate of drug-likeness (QED) is 0.731. The predicted octanol–water partition coefficient (Wildman–Crippen LogP) is 1.81. The first-order chi connectivity index (χ1) is 7.38. The smallest absolute Gasteiger partial charge is 0.0700 e. The summed E-state index contributed by atoms with van der Waals surface area (Å²) in [5.74, 6) is 0.614. The minimum Gasteiger partial charge on any atom is -0.306 e. The van der Waals surface area contributed by atoms with Crippen LogP contribution in [0.5, 0.6) is 0 Å². The van der Waals surface area contributed by atoms with E-state index in [1.54, 1.807) is 0 Å². The zero-order valence-corrected chi connectivity index (χ0v) is 11.3. The average Bonchev–Trinajstić information content (AvgIpc) is 2.17. The van der Waals surface area contributed by atoms with Crippen LogP contribution in [-0.2, 0) is 0 Å². The van der Waals surface area contributed by atoms with Crippen LogP contribution in [0.25, 0.3) is 0 Å². The van der Waals surface area contributed by atoms with Crippen LogP contribution in [0, 0.1) is 22.7 Å². The van der Waals surface area contributed by atoms with Gasteiger partial charge in [-0.1, -0.05) is 0 Å². The second kappa shape index (κ2) is 5.16. The SMILES string of the molecule is CN1CCCC(C(N(C)C)C(C)(C)C#N)C1. The molecule has 1 rings (SSSR count). The molecular weight excluding hydrogens is 198 g/mol. The fourth-order valence-corrected chi connectivity index (χ4v) is 3.19. The highest BCUT2D eigenvalue weighted by atomic mass is 15.2. The molecule has 2 atom stereocenters. The molecule has 0 N–H and O–H groups in total. The molecule has 0 aromatic heterocycles. The molecule has 2 unspecified atom stereocenters. The Bertz CT molecular complexity index is 265. The Morgan fingerprint density at radius 1 is 1.44 bits per heavy atom. The maximum Gasteiger partial charge on any atom is 0.0700 e. The normalized spacial score (nSPS) is 25.4. The Balaban J connectivity index is 2.82. The van der Waals surface area contributed by atoms with Gasteiger partial charge in [0.25, 0.3) is 0 Å². The number of nitrogens with zero attached hydrogens (tertiary/aromatic N) is 3. The molecule has 92 valence electrons. The molecular formula is C13H25N3. The number of hydrogen-bond acceptors (Lipinski definition) is 3. The Kier molecular flexibility index (Phi) is 4.35. The summed E-state index contributed by atoms with van der Waals surface area (Å²) in [4.78, 5) is 4.62. The van der Waals surface area contributed by atoms with Gasteiger partial charge in [-0.25, -0.2) is 0 Å². The molecule has 3 heteroatoms. The molecule has 0 aliphatic carbocycles. The summed E-state index contributed by atoms with van der Waals surface area (Å²) in [6.07, 6.45) is 2.51. The van der Waals surface area contributed by atoms with Crippen molar-refractivity contribution in [2.24, 2.45) is 11.3 Å². The predicted molar refractivity (Wildman–Crippen MR) is 67.1 cm³/mol. The lowest BCUT2D eigenvalue weighted by atomic mass is 9.75. The summed E-state index contributed by atoms with van der Waals surface area (Å²) >= 11 is 0. The second-order valence-electron chi connectivity index (χ2n) is 5.91. The number of piperidine rings is 1. The van der Waals surface area contributed by atoms with Crippen molar-refractivity contribution in [3.63, 3.8) is 0 Å². The van der Waals surface area contributed by atoms with Gasteiger partial charge in [-0.05, 0) is 60.3 Å². The minimum atomic E-state index is -0.271. The number of likely N-dealkylation sites (tertiary alicyclic amines) is 1. The lowest BCUT2D eigenvalue weighted by molar-refractivity contribution is 0.0677. The highest BCUT2D eigenvalue weighted by Crippen LogP contribution is 2.33. The van der Waals surface area contributed by atoms with Crippen molar-refractivity contribution >= 4 is 0 Å². The van der Waals surface area contributed by atoms with Crippen LogP contribution >= 0.6 is 0 Å². The topological polar surface area (TPSA) is 30.3 Å². The summed E-state index contributed by atoms with van der Waals surface area (Å²) in [5.41, 5.74) is -0.271. The Labute approximate surface area is 100 Å². The van der Waals surface area contributed by atoms with Crippen LogP contribution in [0.3, 0.4) is 0 Å². The zero-order chi connectivity index (χ0) is 12.3. The summed E-state index contributed by atoms with van der Waals surface area (Å²) in [6.45, 7) is 6.44. The van der Waals surface area contributed by atoms with Crippen molar-refractivity contribution in [3.05, 3.63) is 0 Å². The molecule has 1 fully saturated rings. The van der Waals surface area contributed by atoms with Crippen molar-refractivity contribution in [1.29, 1.82) is 5.26 Å². The molecule has 0 amide bonds. The molecule has 1 heterocycles. The first kappa shape index (κ1) is 13.5. The standard InChI is InChI=1S/C13H25N3/c1-13(2,10-14)12(15(3)4)11-7-6-8-16(5)9-11/h11-12H,6-9H2,1-5H3. The van der Waals surface area contributed by atoms with Gasteiger partial charge in [-0.2, -0.15) is 5.26 Å². The minimum absolute atomic E-state index is 0.271. The highest BCUT2D eigenvalue weighted by Gasteiger charge is 2.38. The second-order valence-corrected chi connectivity index (χ2v) is 5.91. The van der Waals surface area contributed by atoms with Crippen LogP contribution in [-0.4, -0.2) is 50.1 Å². The highest BCUT2D eigenvalue weighted by molar-refractivity contribution is 5.03. The third-order valence-corrected chi connectivity index (χ3v) is 3.69. The van der Waals surface area contributed by atoms with Crippen molar-refractivity contribution < 1.29 is 0 Å². The van der Waals surface area contributed by atoms with Gasteiger partial charge in [-0.15, -0.1) is 0 Å². The van der Waals surface area contributed by atoms with Crippen LogP contribution in [0.4, 0.5) is 0 Å². The molecule has 0 aromatic rings. The zero-order valence-electron chi connectivity index (χ0n) is 11.3. The first-order valence-electron chi connectivity index (χ1n) is 6.14. The van der Waals surface area contributed by atoms with Crippen LogP contribution in [0.2, 0.25) is 0 Å². The number of hydrogen-bond donors (Lipinski definition) is 0. The van der Waals surface area contributed by atoms with Gasteiger partial charge in [0.2, 0.25) is 0 Å². The number of nitriles is 1. The van der Waals surface area contributed by atoms with Crippen molar-refractivity contribution in [1.82, 2.24) is 9.80 Å². The van der Waals surface area contributed by atoms with Crippen molar-refractivity contribution in [3.8, 4) is 6.07 Å². The van der Waals surface area contributed by atoms with E-state index in [0.717, 1.165) is 6.54 Å². The number of rotatable bonds is 3. The van der Waals surface area contributed by atoms with Crippen LogP contribution in [0.1, 0.15) is 26.7 Å².